The van der Waals surface area contributed by atoms with E-state index in [0.29, 0.717) is 35.4 Å². The minimum Gasteiger partial charge on any atom is -0.310 e. The Kier molecular flexibility index (Phi) is 6.89. The number of hydrogen-bond donors (Lipinski definition) is 1. The number of nitrogens with one attached hydrogen (secondary N) is 1. The zero-order valence-corrected chi connectivity index (χ0v) is 20.1. The Hall–Kier alpha value is -3.45. The van der Waals surface area contributed by atoms with Crippen LogP contribution in [0.4, 0.5) is 10.5 Å². The van der Waals surface area contributed by atoms with Crippen LogP contribution in [0.1, 0.15) is 30.8 Å². The SMILES string of the molecule is CCC(c1nc2ccccc2c(=O)n1C)N(Cc1ccccc1)C(=O)Nc1ccccc1Br. The Morgan fingerprint density at radius 3 is 2.42 bits per heavy atom. The smallest absolute Gasteiger partial charge is 0.310 e. The molecule has 1 aromatic heterocycles. The van der Waals surface area contributed by atoms with Crippen LogP contribution in [0.15, 0.2) is 88.1 Å². The highest BCUT2D eigenvalue weighted by atomic mass is 79.9. The second-order valence-corrected chi connectivity index (χ2v) is 8.65. The topological polar surface area (TPSA) is 67.2 Å². The van der Waals surface area contributed by atoms with E-state index < -0.39 is 6.04 Å². The number of hydrogen-bond acceptors (Lipinski definition) is 3. The van der Waals surface area contributed by atoms with E-state index in [4.69, 9.17) is 4.98 Å². The predicted octanol–water partition coefficient (Wildman–Crippen LogP) is 5.88. The number of carbonyl (C=O) groups is 1. The van der Waals surface area contributed by atoms with Gasteiger partial charge >= 0.3 is 6.03 Å². The molecule has 2 amide bonds. The summed E-state index contributed by atoms with van der Waals surface area (Å²) in [5.41, 5.74) is 2.17. The number of anilines is 1. The van der Waals surface area contributed by atoms with Gasteiger partial charge in [0.05, 0.1) is 22.6 Å². The summed E-state index contributed by atoms with van der Waals surface area (Å²) in [6.07, 6.45) is 0.592. The number of urea groups is 1. The van der Waals surface area contributed by atoms with Crippen LogP contribution in [0.25, 0.3) is 10.9 Å². The minimum atomic E-state index is -0.407. The van der Waals surface area contributed by atoms with E-state index in [1.807, 2.05) is 79.7 Å². The molecular weight excluding hydrogens is 480 g/mol. The summed E-state index contributed by atoms with van der Waals surface area (Å²) in [7, 11) is 1.71. The normalized spacial score (nSPS) is 11.8. The largest absolute Gasteiger partial charge is 0.322 e. The number of rotatable bonds is 6. The summed E-state index contributed by atoms with van der Waals surface area (Å²) in [6.45, 7) is 2.37. The highest BCUT2D eigenvalue weighted by molar-refractivity contribution is 9.10. The lowest BCUT2D eigenvalue weighted by Crippen LogP contribution is -2.40. The van der Waals surface area contributed by atoms with Crippen LogP contribution in [0.5, 0.6) is 0 Å². The molecule has 7 heteroatoms. The fraction of sp³-hybridized carbons (Fsp3) is 0.192. The van der Waals surface area contributed by atoms with Crippen molar-refractivity contribution in [1.29, 1.82) is 0 Å². The van der Waals surface area contributed by atoms with Gasteiger partial charge in [0, 0.05) is 18.1 Å². The molecule has 0 bridgehead atoms. The van der Waals surface area contributed by atoms with Gasteiger partial charge in [0.1, 0.15) is 5.82 Å². The van der Waals surface area contributed by atoms with E-state index in [1.54, 1.807) is 22.6 Å². The summed E-state index contributed by atoms with van der Waals surface area (Å²) in [5, 5.41) is 3.57. The van der Waals surface area contributed by atoms with Crippen LogP contribution >= 0.6 is 15.9 Å². The summed E-state index contributed by atoms with van der Waals surface area (Å²) in [6, 6.07) is 23.9. The number of fused-ring (bicyclic) bond motifs is 1. The lowest BCUT2D eigenvalue weighted by atomic mass is 10.1. The Balaban J connectivity index is 1.79. The lowest BCUT2D eigenvalue weighted by Gasteiger charge is -2.32. The fourth-order valence-corrected chi connectivity index (χ4v) is 4.31. The molecule has 0 fully saturated rings. The number of halogens is 1. The second kappa shape index (κ2) is 10.0. The van der Waals surface area contributed by atoms with Crippen molar-refractivity contribution in [2.75, 3.05) is 5.32 Å². The van der Waals surface area contributed by atoms with Gasteiger partial charge in [0.15, 0.2) is 0 Å². The third-order valence-electron chi connectivity index (χ3n) is 5.65. The third-order valence-corrected chi connectivity index (χ3v) is 6.34. The molecule has 0 saturated carbocycles. The molecule has 33 heavy (non-hydrogen) atoms. The van der Waals surface area contributed by atoms with Crippen molar-refractivity contribution in [3.05, 3.63) is 105 Å². The first-order chi connectivity index (χ1) is 16.0. The molecule has 168 valence electrons. The molecule has 0 radical (unpaired) electrons. The van der Waals surface area contributed by atoms with Crippen molar-refractivity contribution in [3.8, 4) is 0 Å². The van der Waals surface area contributed by atoms with Crippen molar-refractivity contribution in [2.24, 2.45) is 7.05 Å². The van der Waals surface area contributed by atoms with Gasteiger partial charge in [-0.25, -0.2) is 9.78 Å². The molecule has 0 aliphatic rings. The molecule has 4 rings (SSSR count). The third kappa shape index (κ3) is 4.83. The maximum Gasteiger partial charge on any atom is 0.322 e. The van der Waals surface area contributed by atoms with E-state index in [-0.39, 0.29) is 11.6 Å². The summed E-state index contributed by atoms with van der Waals surface area (Å²) in [5.74, 6) is 0.555. The molecule has 1 heterocycles. The van der Waals surface area contributed by atoms with Crippen LogP contribution in [0.2, 0.25) is 0 Å². The van der Waals surface area contributed by atoms with Gasteiger partial charge in [-0.15, -0.1) is 0 Å². The zero-order valence-electron chi connectivity index (χ0n) is 18.5. The van der Waals surface area contributed by atoms with Gasteiger partial charge in [-0.1, -0.05) is 61.5 Å². The van der Waals surface area contributed by atoms with Crippen LogP contribution in [-0.2, 0) is 13.6 Å². The molecule has 6 nitrogen and oxygen atoms in total. The molecule has 0 spiro atoms. The maximum absolute atomic E-state index is 13.6. The van der Waals surface area contributed by atoms with Crippen molar-refractivity contribution in [1.82, 2.24) is 14.5 Å². The standard InChI is InChI=1S/C26H25BrN4O2/c1-3-23(24-28-21-15-9-7-13-19(21)25(32)30(24)2)31(17-18-11-5-4-6-12-18)26(33)29-22-16-10-8-14-20(22)27/h4-16,23H,3,17H2,1-2H3,(H,29,33). The van der Waals surface area contributed by atoms with Crippen molar-refractivity contribution >= 4 is 38.6 Å². The molecule has 1 N–H and O–H groups in total. The first-order valence-electron chi connectivity index (χ1n) is 10.8. The van der Waals surface area contributed by atoms with Crippen molar-refractivity contribution in [2.45, 2.75) is 25.9 Å². The van der Waals surface area contributed by atoms with Gasteiger partial charge in [-0.3, -0.25) is 9.36 Å². The average Bonchev–Trinajstić information content (AvgIpc) is 2.84. The number of nitrogens with zero attached hydrogens (tertiary/aromatic N) is 3. The van der Waals surface area contributed by atoms with Gasteiger partial charge in [0.25, 0.3) is 5.56 Å². The van der Waals surface area contributed by atoms with E-state index in [1.165, 1.54) is 0 Å². The molecule has 0 saturated heterocycles. The van der Waals surface area contributed by atoms with Crippen molar-refractivity contribution < 1.29 is 4.79 Å². The zero-order chi connectivity index (χ0) is 23.4. The van der Waals surface area contributed by atoms with E-state index in [0.717, 1.165) is 10.0 Å². The fourth-order valence-electron chi connectivity index (χ4n) is 3.93. The molecule has 1 atom stereocenters. The molecule has 3 aromatic carbocycles. The predicted molar refractivity (Wildman–Crippen MR) is 135 cm³/mol. The lowest BCUT2D eigenvalue weighted by molar-refractivity contribution is 0.176. The number of benzene rings is 3. The number of para-hydroxylation sites is 2. The highest BCUT2D eigenvalue weighted by Gasteiger charge is 2.28. The van der Waals surface area contributed by atoms with Crippen molar-refractivity contribution in [3.63, 3.8) is 0 Å². The summed E-state index contributed by atoms with van der Waals surface area (Å²) < 4.78 is 2.35. The molecule has 4 aromatic rings. The van der Waals surface area contributed by atoms with E-state index >= 15 is 0 Å². The Labute approximate surface area is 201 Å². The quantitative estimate of drug-likeness (QED) is 0.356. The first-order valence-corrected chi connectivity index (χ1v) is 11.6. The van der Waals surface area contributed by atoms with E-state index in [9.17, 15) is 9.59 Å². The van der Waals surface area contributed by atoms with Gasteiger partial charge in [-0.2, -0.15) is 0 Å². The Morgan fingerprint density at radius 2 is 1.70 bits per heavy atom. The Morgan fingerprint density at radius 1 is 1.03 bits per heavy atom. The first kappa shape index (κ1) is 22.7. The molecule has 0 aliphatic carbocycles. The molecule has 1 unspecified atom stereocenters. The van der Waals surface area contributed by atoms with Crippen LogP contribution in [0, 0.1) is 0 Å². The Bertz CT molecular complexity index is 1340. The maximum atomic E-state index is 13.6. The minimum absolute atomic E-state index is 0.125. The molecular formula is C26H25BrN4O2. The number of amides is 2. The molecule has 0 aliphatic heterocycles. The van der Waals surface area contributed by atoms with Gasteiger partial charge in [0.2, 0.25) is 0 Å². The van der Waals surface area contributed by atoms with E-state index in [2.05, 4.69) is 21.2 Å². The van der Waals surface area contributed by atoms with Crippen LogP contribution in [-0.4, -0.2) is 20.5 Å². The summed E-state index contributed by atoms with van der Waals surface area (Å²) >= 11 is 3.50. The highest BCUT2D eigenvalue weighted by Crippen LogP contribution is 2.28. The monoisotopic (exact) mass is 504 g/mol. The van der Waals surface area contributed by atoms with Gasteiger partial charge < -0.3 is 10.2 Å². The van der Waals surface area contributed by atoms with Crippen LogP contribution < -0.4 is 10.9 Å². The number of aromatic nitrogens is 2. The van der Waals surface area contributed by atoms with Gasteiger partial charge in [-0.05, 0) is 52.2 Å². The average molecular weight is 505 g/mol. The summed E-state index contributed by atoms with van der Waals surface area (Å²) in [4.78, 5) is 33.2. The second-order valence-electron chi connectivity index (χ2n) is 7.80. The number of carbonyl (C=O) groups excluding carboxylic acids is 1. The van der Waals surface area contributed by atoms with Crippen LogP contribution in [0.3, 0.4) is 0 Å².